The highest BCUT2D eigenvalue weighted by Gasteiger charge is 2.15. The zero-order valence-electron chi connectivity index (χ0n) is 14.0. The molecule has 2 rings (SSSR count). The number of hydrogen-bond donors (Lipinski definition) is 1. The summed E-state index contributed by atoms with van der Waals surface area (Å²) in [5, 5.41) is 3.66. The maximum absolute atomic E-state index is 5.62. The smallest absolute Gasteiger partial charge is 0.105 e. The van der Waals surface area contributed by atoms with Crippen molar-refractivity contribution >= 4 is 0 Å². The summed E-state index contributed by atoms with van der Waals surface area (Å²) >= 11 is 0. The Morgan fingerprint density at radius 2 is 1.43 bits per heavy atom. The van der Waals surface area contributed by atoms with Crippen LogP contribution in [-0.2, 0) is 0 Å². The Balaban J connectivity index is 2.06. The molecule has 0 aliphatic heterocycles. The Hall–Kier alpha value is -1.54. The van der Waals surface area contributed by atoms with Crippen LogP contribution < -0.4 is 5.32 Å². The van der Waals surface area contributed by atoms with Crippen LogP contribution in [-0.4, -0.2) is 0 Å². The molecule has 1 N–H and O–H groups in total. The zero-order valence-corrected chi connectivity index (χ0v) is 14.0. The van der Waals surface area contributed by atoms with E-state index in [1.165, 1.54) is 16.7 Å². The average molecular weight is 285 g/mol. The predicted octanol–water partition coefficient (Wildman–Crippen LogP) is 5.43. The second-order valence-corrected chi connectivity index (χ2v) is 6.30. The van der Waals surface area contributed by atoms with Gasteiger partial charge in [-0.1, -0.05) is 38.1 Å². The number of benzene rings is 1. The van der Waals surface area contributed by atoms with Gasteiger partial charge in [0.2, 0.25) is 0 Å². The fraction of sp³-hybridized carbons (Fsp3) is 0.474. The first kappa shape index (κ1) is 15.8. The Kier molecular flexibility index (Phi) is 4.89. The lowest BCUT2D eigenvalue weighted by Gasteiger charge is -2.20. The number of aryl methyl sites for hydroxylation is 2. The van der Waals surface area contributed by atoms with Crippen LogP contribution in [0, 0.1) is 13.8 Å². The van der Waals surface area contributed by atoms with E-state index in [4.69, 9.17) is 4.42 Å². The quantitative estimate of drug-likeness (QED) is 0.792. The maximum atomic E-state index is 5.62. The molecule has 0 bridgehead atoms. The Morgan fingerprint density at radius 3 is 1.90 bits per heavy atom. The molecule has 0 saturated heterocycles. The van der Waals surface area contributed by atoms with Gasteiger partial charge in [0.15, 0.2) is 0 Å². The molecule has 0 aliphatic carbocycles. The molecule has 0 fully saturated rings. The molecule has 2 unspecified atom stereocenters. The van der Waals surface area contributed by atoms with Crippen molar-refractivity contribution in [3.63, 3.8) is 0 Å². The number of nitrogens with one attached hydrogen (secondary N) is 1. The molecule has 2 atom stereocenters. The number of furan rings is 1. The van der Waals surface area contributed by atoms with Gasteiger partial charge in [-0.25, -0.2) is 0 Å². The van der Waals surface area contributed by atoms with Crippen molar-refractivity contribution < 1.29 is 4.42 Å². The normalized spacial score (nSPS) is 14.4. The largest absolute Gasteiger partial charge is 0.466 e. The number of hydrogen-bond acceptors (Lipinski definition) is 2. The van der Waals surface area contributed by atoms with Gasteiger partial charge in [0, 0.05) is 17.6 Å². The van der Waals surface area contributed by atoms with E-state index in [2.05, 4.69) is 63.3 Å². The van der Waals surface area contributed by atoms with Crippen LogP contribution in [0.15, 0.2) is 34.7 Å². The molecule has 0 saturated carbocycles. The van der Waals surface area contributed by atoms with Crippen molar-refractivity contribution in [3.05, 3.63) is 58.5 Å². The molecule has 0 amide bonds. The van der Waals surface area contributed by atoms with E-state index in [-0.39, 0.29) is 6.04 Å². The standard InChI is InChI=1S/C19H27NO/c1-12(2)17-7-9-18(10-8-17)14(4)20-15(5)19-11-13(3)21-16(19)6/h7-12,14-15,20H,1-6H3. The van der Waals surface area contributed by atoms with Gasteiger partial charge in [-0.3, -0.25) is 0 Å². The van der Waals surface area contributed by atoms with Crippen LogP contribution in [0.4, 0.5) is 0 Å². The van der Waals surface area contributed by atoms with Crippen LogP contribution in [0.1, 0.15) is 73.9 Å². The molecule has 1 aromatic heterocycles. The van der Waals surface area contributed by atoms with E-state index in [1.54, 1.807) is 0 Å². The lowest BCUT2D eigenvalue weighted by molar-refractivity contribution is 0.469. The van der Waals surface area contributed by atoms with Gasteiger partial charge < -0.3 is 9.73 Å². The lowest BCUT2D eigenvalue weighted by Crippen LogP contribution is -2.22. The van der Waals surface area contributed by atoms with E-state index >= 15 is 0 Å². The van der Waals surface area contributed by atoms with Gasteiger partial charge in [-0.05, 0) is 50.8 Å². The lowest BCUT2D eigenvalue weighted by atomic mass is 9.99. The van der Waals surface area contributed by atoms with Crippen molar-refractivity contribution in [2.45, 2.75) is 59.5 Å². The molecule has 0 aliphatic rings. The van der Waals surface area contributed by atoms with Crippen molar-refractivity contribution in [2.75, 3.05) is 0 Å². The van der Waals surface area contributed by atoms with Gasteiger partial charge in [-0.15, -0.1) is 0 Å². The fourth-order valence-corrected chi connectivity index (χ4v) is 2.81. The van der Waals surface area contributed by atoms with Crippen molar-refractivity contribution in [3.8, 4) is 0 Å². The Morgan fingerprint density at radius 1 is 0.857 bits per heavy atom. The summed E-state index contributed by atoms with van der Waals surface area (Å²) in [6.07, 6.45) is 0. The first-order valence-corrected chi connectivity index (χ1v) is 7.81. The van der Waals surface area contributed by atoms with Crippen molar-refractivity contribution in [1.82, 2.24) is 5.32 Å². The first-order valence-electron chi connectivity index (χ1n) is 7.81. The van der Waals surface area contributed by atoms with Gasteiger partial charge in [0.05, 0.1) is 0 Å². The van der Waals surface area contributed by atoms with Crippen LogP contribution in [0.3, 0.4) is 0 Å². The van der Waals surface area contributed by atoms with Gasteiger partial charge >= 0.3 is 0 Å². The summed E-state index contributed by atoms with van der Waals surface area (Å²) in [5.74, 6) is 2.57. The van der Waals surface area contributed by atoms with Crippen molar-refractivity contribution in [1.29, 1.82) is 0 Å². The van der Waals surface area contributed by atoms with Gasteiger partial charge in [0.25, 0.3) is 0 Å². The minimum atomic E-state index is 0.280. The highest BCUT2D eigenvalue weighted by molar-refractivity contribution is 5.28. The third-order valence-corrected chi connectivity index (χ3v) is 4.15. The summed E-state index contributed by atoms with van der Waals surface area (Å²) in [6.45, 7) is 12.9. The molecule has 21 heavy (non-hydrogen) atoms. The number of rotatable bonds is 5. The van der Waals surface area contributed by atoms with Crippen LogP contribution in [0.2, 0.25) is 0 Å². The molecular formula is C19H27NO. The zero-order chi connectivity index (χ0) is 15.6. The maximum Gasteiger partial charge on any atom is 0.105 e. The Bertz CT molecular complexity index is 580. The van der Waals surface area contributed by atoms with Crippen molar-refractivity contribution in [2.24, 2.45) is 0 Å². The summed E-state index contributed by atoms with van der Waals surface area (Å²) in [4.78, 5) is 0. The highest BCUT2D eigenvalue weighted by atomic mass is 16.3. The topological polar surface area (TPSA) is 25.2 Å². The first-order chi connectivity index (χ1) is 9.88. The molecule has 1 heterocycles. The molecule has 2 aromatic rings. The molecule has 2 nitrogen and oxygen atoms in total. The molecular weight excluding hydrogens is 258 g/mol. The molecule has 114 valence electrons. The molecule has 2 heteroatoms. The fourth-order valence-electron chi connectivity index (χ4n) is 2.81. The van der Waals surface area contributed by atoms with Gasteiger partial charge in [0.1, 0.15) is 11.5 Å². The second-order valence-electron chi connectivity index (χ2n) is 6.30. The Labute approximate surface area is 128 Å². The predicted molar refractivity (Wildman–Crippen MR) is 88.7 cm³/mol. The van der Waals surface area contributed by atoms with E-state index in [1.807, 2.05) is 13.8 Å². The van der Waals surface area contributed by atoms with E-state index in [0.717, 1.165) is 11.5 Å². The third-order valence-electron chi connectivity index (χ3n) is 4.15. The minimum Gasteiger partial charge on any atom is -0.466 e. The van der Waals surface area contributed by atoms with Crippen LogP contribution in [0.25, 0.3) is 0 Å². The summed E-state index contributed by atoms with van der Waals surface area (Å²) in [6, 6.07) is 11.6. The molecule has 0 radical (unpaired) electrons. The SMILES string of the molecule is Cc1cc(C(C)NC(C)c2ccc(C(C)C)cc2)c(C)o1. The highest BCUT2D eigenvalue weighted by Crippen LogP contribution is 2.25. The van der Waals surface area contributed by atoms with Gasteiger partial charge in [-0.2, -0.15) is 0 Å². The molecule has 0 spiro atoms. The summed E-state index contributed by atoms with van der Waals surface area (Å²) in [5.41, 5.74) is 3.96. The average Bonchev–Trinajstić information content (AvgIpc) is 2.77. The van der Waals surface area contributed by atoms with Crippen LogP contribution >= 0.6 is 0 Å². The monoisotopic (exact) mass is 285 g/mol. The van der Waals surface area contributed by atoms with E-state index in [9.17, 15) is 0 Å². The van der Waals surface area contributed by atoms with E-state index < -0.39 is 0 Å². The molecule has 1 aromatic carbocycles. The van der Waals surface area contributed by atoms with Crippen LogP contribution in [0.5, 0.6) is 0 Å². The summed E-state index contributed by atoms with van der Waals surface area (Å²) in [7, 11) is 0. The second kappa shape index (κ2) is 6.48. The van der Waals surface area contributed by atoms with E-state index in [0.29, 0.717) is 12.0 Å². The minimum absolute atomic E-state index is 0.280. The summed E-state index contributed by atoms with van der Waals surface area (Å²) < 4.78 is 5.62. The third kappa shape index (κ3) is 3.76.